The maximum Gasteiger partial charge on any atom is 0.262 e. The summed E-state index contributed by atoms with van der Waals surface area (Å²) >= 11 is 10.3. The van der Waals surface area contributed by atoms with Gasteiger partial charge >= 0.3 is 0 Å². The molecule has 11 heteroatoms. The molecule has 0 aliphatic heterocycles. The molecule has 0 radical (unpaired) electrons. The number of carbonyl (C=O) groups is 2. The van der Waals surface area contributed by atoms with Crippen LogP contribution in [0.3, 0.4) is 0 Å². The van der Waals surface area contributed by atoms with Gasteiger partial charge in [-0.05, 0) is 63.8 Å². The highest BCUT2D eigenvalue weighted by Gasteiger charge is 2.22. The van der Waals surface area contributed by atoms with Crippen LogP contribution >= 0.6 is 38.9 Å². The van der Waals surface area contributed by atoms with Gasteiger partial charge in [-0.15, -0.1) is 11.3 Å². The Morgan fingerprint density at radius 1 is 1.10 bits per heavy atom. The number of carboxylic acid groups (broad SMARTS) is 1. The average molecular weight is 529 g/mol. The van der Waals surface area contributed by atoms with E-state index in [-0.39, 0.29) is 23.7 Å². The summed E-state index contributed by atoms with van der Waals surface area (Å²) in [5.41, 5.74) is -0.410. The first-order chi connectivity index (χ1) is 14.2. The Balaban J connectivity index is 1.90. The van der Waals surface area contributed by atoms with Crippen LogP contribution in [0, 0.1) is 0 Å². The van der Waals surface area contributed by atoms with Gasteiger partial charge in [0.15, 0.2) is 5.78 Å². The molecule has 1 aromatic heterocycles. The van der Waals surface area contributed by atoms with Crippen LogP contribution in [0.1, 0.15) is 20.0 Å². The molecule has 3 rings (SSSR count). The third-order valence-corrected chi connectivity index (χ3v) is 7.48. The zero-order chi connectivity index (χ0) is 21.9. The van der Waals surface area contributed by atoms with Gasteiger partial charge in [-0.1, -0.05) is 17.7 Å². The minimum Gasteiger partial charge on any atom is -0.545 e. The monoisotopic (exact) mass is 527 g/mol. The van der Waals surface area contributed by atoms with E-state index in [4.69, 9.17) is 11.6 Å². The smallest absolute Gasteiger partial charge is 0.262 e. The number of hydrogen-bond donors (Lipinski definition) is 2. The van der Waals surface area contributed by atoms with Crippen molar-refractivity contribution in [3.63, 3.8) is 0 Å². The lowest BCUT2D eigenvalue weighted by Gasteiger charge is -2.17. The summed E-state index contributed by atoms with van der Waals surface area (Å²) in [6.07, 6.45) is 0. The summed E-state index contributed by atoms with van der Waals surface area (Å²) in [7, 11) is -4.26. The predicted molar refractivity (Wildman–Crippen MR) is 118 cm³/mol. The second kappa shape index (κ2) is 9.17. The minimum atomic E-state index is -4.26. The molecule has 0 saturated heterocycles. The van der Waals surface area contributed by atoms with Crippen LogP contribution in [0.5, 0.6) is 0 Å². The third kappa shape index (κ3) is 5.01. The molecule has 0 aliphatic rings. The molecule has 156 valence electrons. The topological polar surface area (TPSA) is 115 Å². The highest BCUT2D eigenvalue weighted by atomic mass is 79.9. The number of carboxylic acids is 1. The summed E-state index contributed by atoms with van der Waals surface area (Å²) in [6.45, 7) is -0.229. The van der Waals surface area contributed by atoms with Crippen molar-refractivity contribution in [2.24, 2.45) is 0 Å². The maximum atomic E-state index is 12.8. The highest BCUT2D eigenvalue weighted by molar-refractivity contribution is 9.10. The average Bonchev–Trinajstić information content (AvgIpc) is 3.13. The first kappa shape index (κ1) is 22.3. The Bertz CT molecular complexity index is 1210. The van der Waals surface area contributed by atoms with Crippen molar-refractivity contribution in [3.8, 4) is 0 Å². The summed E-state index contributed by atoms with van der Waals surface area (Å²) < 4.78 is 28.5. The van der Waals surface area contributed by atoms with Gasteiger partial charge in [0, 0.05) is 26.4 Å². The quantitative estimate of drug-likeness (QED) is 0.432. The molecular weight excluding hydrogens is 516 g/mol. The van der Waals surface area contributed by atoms with Crippen LogP contribution in [0.4, 0.5) is 11.4 Å². The Morgan fingerprint density at radius 2 is 1.80 bits per heavy atom. The van der Waals surface area contributed by atoms with Crippen LogP contribution in [0.2, 0.25) is 5.02 Å². The van der Waals surface area contributed by atoms with Gasteiger partial charge in [-0.2, -0.15) is 0 Å². The lowest BCUT2D eigenvalue weighted by Crippen LogP contribution is -2.28. The number of carbonyl (C=O) groups excluding carboxylic acids is 2. The molecule has 0 spiro atoms. The number of ketones is 1. The molecule has 2 aromatic carbocycles. The Hall–Kier alpha value is -2.40. The molecular formula is C19H13BrClN2O5S2-. The van der Waals surface area contributed by atoms with E-state index in [1.54, 1.807) is 11.4 Å². The number of benzene rings is 2. The largest absolute Gasteiger partial charge is 0.545 e. The van der Waals surface area contributed by atoms with Crippen molar-refractivity contribution in [1.29, 1.82) is 0 Å². The van der Waals surface area contributed by atoms with Crippen molar-refractivity contribution in [2.45, 2.75) is 4.90 Å². The second-order valence-corrected chi connectivity index (χ2v) is 9.81. The molecule has 2 N–H and O–H groups in total. The molecule has 30 heavy (non-hydrogen) atoms. The fraction of sp³-hybridized carbons (Fsp3) is 0.0526. The van der Waals surface area contributed by atoms with Crippen LogP contribution in [-0.2, 0) is 10.0 Å². The number of thiophene rings is 1. The van der Waals surface area contributed by atoms with Gasteiger partial charge in [0.2, 0.25) is 0 Å². The number of nitrogens with one attached hydrogen (secondary N) is 2. The first-order valence-electron chi connectivity index (χ1n) is 8.32. The fourth-order valence-corrected chi connectivity index (χ4v) is 5.52. The van der Waals surface area contributed by atoms with Gasteiger partial charge in [0.05, 0.1) is 22.3 Å². The van der Waals surface area contributed by atoms with Crippen LogP contribution in [0.25, 0.3) is 0 Å². The summed E-state index contributed by atoms with van der Waals surface area (Å²) in [5.74, 6) is -1.98. The van der Waals surface area contributed by atoms with E-state index >= 15 is 0 Å². The molecule has 7 nitrogen and oxygen atoms in total. The maximum absolute atomic E-state index is 12.8. The van der Waals surface area contributed by atoms with E-state index in [0.717, 1.165) is 6.07 Å². The van der Waals surface area contributed by atoms with Gasteiger partial charge in [0.1, 0.15) is 0 Å². The number of rotatable bonds is 8. The zero-order valence-electron chi connectivity index (χ0n) is 15.0. The van der Waals surface area contributed by atoms with Crippen molar-refractivity contribution < 1.29 is 23.1 Å². The number of aromatic carboxylic acids is 1. The van der Waals surface area contributed by atoms with E-state index in [2.05, 4.69) is 26.0 Å². The molecule has 0 amide bonds. The van der Waals surface area contributed by atoms with Crippen molar-refractivity contribution in [3.05, 3.63) is 73.8 Å². The highest BCUT2D eigenvalue weighted by Crippen LogP contribution is 2.27. The van der Waals surface area contributed by atoms with E-state index < -0.39 is 26.5 Å². The summed E-state index contributed by atoms with van der Waals surface area (Å²) in [4.78, 5) is 24.1. The predicted octanol–water partition coefficient (Wildman–Crippen LogP) is 3.62. The molecule has 0 saturated carbocycles. The minimum absolute atomic E-state index is 0.0463. The fourth-order valence-electron chi connectivity index (χ4n) is 2.59. The molecule has 0 atom stereocenters. The Labute approximate surface area is 189 Å². The van der Waals surface area contributed by atoms with E-state index in [0.29, 0.717) is 14.4 Å². The molecule has 1 heterocycles. The Kier molecular flexibility index (Phi) is 6.81. The molecule has 0 aliphatic carbocycles. The van der Waals surface area contributed by atoms with E-state index in [9.17, 15) is 23.1 Å². The zero-order valence-corrected chi connectivity index (χ0v) is 19.0. The number of anilines is 2. The first-order valence-corrected chi connectivity index (χ1v) is 11.9. The number of Topliss-reactive ketones (excluding diaryl/α,β-unsaturated/α-hetero) is 1. The molecule has 3 aromatic rings. The number of sulfonamides is 1. The van der Waals surface area contributed by atoms with Gasteiger partial charge in [-0.3, -0.25) is 9.52 Å². The van der Waals surface area contributed by atoms with Crippen molar-refractivity contribution in [2.75, 3.05) is 16.6 Å². The second-order valence-electron chi connectivity index (χ2n) is 5.95. The Morgan fingerprint density at radius 3 is 2.40 bits per heavy atom. The van der Waals surface area contributed by atoms with Crippen LogP contribution in [0.15, 0.2) is 63.3 Å². The molecule has 0 bridgehead atoms. The lowest BCUT2D eigenvalue weighted by atomic mass is 10.1. The lowest BCUT2D eigenvalue weighted by molar-refractivity contribution is -0.255. The summed E-state index contributed by atoms with van der Waals surface area (Å²) in [6, 6.07) is 11.5. The molecule has 0 unspecified atom stereocenters. The molecule has 0 fully saturated rings. The van der Waals surface area contributed by atoms with Crippen LogP contribution < -0.4 is 15.1 Å². The van der Waals surface area contributed by atoms with Crippen LogP contribution in [-0.4, -0.2) is 26.7 Å². The van der Waals surface area contributed by atoms with Gasteiger partial charge in [0.25, 0.3) is 10.0 Å². The standard InChI is InChI=1S/C19H14BrClN2O5S2/c20-13-8-9-29-18(13)15(24)10-22-14-2-1-3-16(17(14)19(25)26)30(27,28)23-12-6-4-11(21)5-7-12/h1-9,22-23H,10H2,(H,25,26)/p-1. The van der Waals surface area contributed by atoms with Crippen molar-refractivity contribution in [1.82, 2.24) is 0 Å². The van der Waals surface area contributed by atoms with E-state index in [1.807, 2.05) is 0 Å². The SMILES string of the molecule is O=C(CNc1cccc(S(=O)(=O)Nc2ccc(Cl)cc2)c1C(=O)[O-])c1sccc1Br. The van der Waals surface area contributed by atoms with E-state index in [1.165, 1.54) is 47.7 Å². The number of halogens is 2. The number of hydrogen-bond acceptors (Lipinski definition) is 7. The summed E-state index contributed by atoms with van der Waals surface area (Å²) in [5, 5.41) is 16.6. The van der Waals surface area contributed by atoms with Gasteiger partial charge in [-0.25, -0.2) is 8.42 Å². The third-order valence-electron chi connectivity index (χ3n) is 3.93. The normalized spacial score (nSPS) is 11.1. The van der Waals surface area contributed by atoms with Gasteiger partial charge < -0.3 is 15.2 Å². The van der Waals surface area contributed by atoms with Crippen molar-refractivity contribution >= 4 is 72.0 Å².